The van der Waals surface area contributed by atoms with Crippen molar-refractivity contribution in [2.45, 2.75) is 32.1 Å². The second kappa shape index (κ2) is 7.87. The summed E-state index contributed by atoms with van der Waals surface area (Å²) in [6.07, 6.45) is 5.71. The van der Waals surface area contributed by atoms with Gasteiger partial charge in [-0.1, -0.05) is 0 Å². The molecule has 0 amide bonds. The monoisotopic (exact) mass is 274 g/mol. The van der Waals surface area contributed by atoms with E-state index >= 15 is 0 Å². The molecule has 0 fully saturated rings. The lowest BCUT2D eigenvalue weighted by molar-refractivity contribution is 0.295. The molecule has 2 aliphatic rings. The summed E-state index contributed by atoms with van der Waals surface area (Å²) < 4.78 is 11.1. The maximum absolute atomic E-state index is 5.59. The fraction of sp³-hybridized carbons (Fsp3) is 0.818. The van der Waals surface area contributed by atoms with Crippen LogP contribution in [-0.2, 0) is 9.47 Å². The van der Waals surface area contributed by atoms with E-state index in [2.05, 4.69) is 9.98 Å². The first-order valence-electron chi connectivity index (χ1n) is 6.14. The summed E-state index contributed by atoms with van der Waals surface area (Å²) in [7, 11) is 3.05. The Morgan fingerprint density at radius 2 is 1.24 bits per heavy atom. The van der Waals surface area contributed by atoms with Crippen LogP contribution in [0.25, 0.3) is 0 Å². The molecule has 4 nitrogen and oxygen atoms in total. The highest BCUT2D eigenvalue weighted by Crippen LogP contribution is 2.27. The molecule has 0 atom stereocenters. The van der Waals surface area contributed by atoms with Crippen LogP contribution in [0.5, 0.6) is 0 Å². The Balaban J connectivity index is 1.77. The maximum Gasteiger partial charge on any atom is 0.257 e. The minimum atomic E-state index is 0.765. The third kappa shape index (κ3) is 5.21. The van der Waals surface area contributed by atoms with Gasteiger partial charge in [-0.05, 0) is 32.1 Å². The number of rotatable bonds is 0. The smallest absolute Gasteiger partial charge is 0.257 e. The van der Waals surface area contributed by atoms with E-state index in [1.165, 1.54) is 28.0 Å². The molecule has 96 valence electrons. The quantitative estimate of drug-likeness (QED) is 0.637. The van der Waals surface area contributed by atoms with E-state index in [1.807, 2.05) is 0 Å². The lowest BCUT2D eigenvalue weighted by Gasteiger charge is -2.11. The van der Waals surface area contributed by atoms with Gasteiger partial charge in [-0.25, -0.2) is 9.98 Å². The summed E-state index contributed by atoms with van der Waals surface area (Å²) in [5.74, 6) is 0. The van der Waals surface area contributed by atoms with Crippen LogP contribution in [0.1, 0.15) is 32.1 Å². The first kappa shape index (κ1) is 13.1. The van der Waals surface area contributed by atoms with Crippen LogP contribution in [-0.4, -0.2) is 36.8 Å². The molecule has 0 N–H and O–H groups in total. The number of aliphatic imine (C=N–C) groups is 2. The van der Waals surface area contributed by atoms with Crippen LogP contribution in [0.15, 0.2) is 9.98 Å². The van der Waals surface area contributed by atoms with Gasteiger partial charge in [0.2, 0.25) is 0 Å². The van der Waals surface area contributed by atoms with Gasteiger partial charge in [0.1, 0.15) is 0 Å². The van der Waals surface area contributed by atoms with E-state index in [9.17, 15) is 0 Å². The summed E-state index contributed by atoms with van der Waals surface area (Å²) in [5, 5.41) is 1.53. The number of hydrogen-bond acceptors (Lipinski definition) is 6. The Kier molecular flexibility index (Phi) is 6.05. The Bertz CT molecular complexity index is 295. The van der Waals surface area contributed by atoms with Crippen LogP contribution >= 0.6 is 21.6 Å². The number of hydrogen-bond donors (Lipinski definition) is 0. The first-order chi connectivity index (χ1) is 8.45. The van der Waals surface area contributed by atoms with Crippen LogP contribution in [0.4, 0.5) is 0 Å². The molecule has 0 aromatic rings. The molecule has 0 spiro atoms. The Morgan fingerprint density at radius 3 is 1.88 bits per heavy atom. The average Bonchev–Trinajstić information content (AvgIpc) is 2.56. The number of ether oxygens (including phenoxy) is 2. The van der Waals surface area contributed by atoms with E-state index in [4.69, 9.17) is 9.47 Å². The third-order valence-corrected chi connectivity index (χ3v) is 4.44. The van der Waals surface area contributed by atoms with Gasteiger partial charge >= 0.3 is 0 Å². The van der Waals surface area contributed by atoms with Crippen molar-refractivity contribution in [3.05, 3.63) is 0 Å². The molecule has 17 heavy (non-hydrogen) atoms. The first-order valence-corrected chi connectivity index (χ1v) is 8.29. The van der Waals surface area contributed by atoms with Crippen molar-refractivity contribution in [3.8, 4) is 0 Å². The molecule has 2 aliphatic heterocycles. The fourth-order valence-electron chi connectivity index (χ4n) is 1.53. The molecule has 0 radical (unpaired) electrons. The standard InChI is InChI=1S/C11H18N2O2S2/c1-2-6-12-10(14-8-4-1)16-17-11-13-7-3-5-9-15-11/h1-9H2/b12-10+. The fourth-order valence-corrected chi connectivity index (χ4v) is 3.25. The average molecular weight is 274 g/mol. The van der Waals surface area contributed by atoms with Gasteiger partial charge in [0.05, 0.1) is 13.2 Å². The molecule has 0 saturated heterocycles. The van der Waals surface area contributed by atoms with E-state index in [0.29, 0.717) is 0 Å². The molecule has 0 unspecified atom stereocenters. The van der Waals surface area contributed by atoms with Crippen molar-refractivity contribution in [2.24, 2.45) is 9.98 Å². The van der Waals surface area contributed by atoms with Crippen molar-refractivity contribution in [3.63, 3.8) is 0 Å². The van der Waals surface area contributed by atoms with Gasteiger partial charge < -0.3 is 9.47 Å². The highest BCUT2D eigenvalue weighted by atomic mass is 33.1. The van der Waals surface area contributed by atoms with Crippen molar-refractivity contribution in [2.75, 3.05) is 26.3 Å². The van der Waals surface area contributed by atoms with Gasteiger partial charge in [0.15, 0.2) is 0 Å². The van der Waals surface area contributed by atoms with Crippen molar-refractivity contribution in [1.82, 2.24) is 0 Å². The van der Waals surface area contributed by atoms with Gasteiger partial charge in [-0.2, -0.15) is 0 Å². The lowest BCUT2D eigenvalue weighted by atomic mass is 10.2. The minimum absolute atomic E-state index is 0.765. The predicted molar refractivity (Wildman–Crippen MR) is 74.8 cm³/mol. The second-order valence-electron chi connectivity index (χ2n) is 3.93. The SMILES string of the molecule is C1CC/N=C(/SSC2=NCCCCO2)OCC1. The zero-order valence-electron chi connectivity index (χ0n) is 9.89. The summed E-state index contributed by atoms with van der Waals surface area (Å²) in [6, 6.07) is 0. The topological polar surface area (TPSA) is 43.2 Å². The normalized spacial score (nSPS) is 25.2. The van der Waals surface area contributed by atoms with Crippen molar-refractivity contribution in [1.29, 1.82) is 0 Å². The predicted octanol–water partition coefficient (Wildman–Crippen LogP) is 3.09. The molecule has 6 heteroatoms. The number of nitrogens with zero attached hydrogens (tertiary/aromatic N) is 2. The summed E-state index contributed by atoms with van der Waals surface area (Å²) in [4.78, 5) is 8.79. The molecule has 0 saturated carbocycles. The molecule has 0 bridgehead atoms. The molecule has 2 heterocycles. The van der Waals surface area contributed by atoms with Crippen LogP contribution in [0.2, 0.25) is 0 Å². The Labute approximate surface area is 110 Å². The van der Waals surface area contributed by atoms with Gasteiger partial charge in [-0.3, -0.25) is 0 Å². The molecule has 0 aromatic carbocycles. The van der Waals surface area contributed by atoms with Crippen LogP contribution < -0.4 is 0 Å². The summed E-state index contributed by atoms with van der Waals surface area (Å²) >= 11 is 0. The van der Waals surface area contributed by atoms with Crippen molar-refractivity contribution >= 4 is 32.0 Å². The zero-order chi connectivity index (χ0) is 11.8. The van der Waals surface area contributed by atoms with Crippen molar-refractivity contribution < 1.29 is 9.47 Å². The van der Waals surface area contributed by atoms with Gasteiger partial charge in [0, 0.05) is 34.7 Å². The molecule has 2 rings (SSSR count). The second-order valence-corrected chi connectivity index (χ2v) is 5.96. The summed E-state index contributed by atoms with van der Waals surface area (Å²) in [6.45, 7) is 3.30. The van der Waals surface area contributed by atoms with Crippen LogP contribution in [0, 0.1) is 0 Å². The maximum atomic E-state index is 5.59. The molecule has 0 aliphatic carbocycles. The third-order valence-electron chi connectivity index (χ3n) is 2.47. The van der Waals surface area contributed by atoms with Gasteiger partial charge in [0.25, 0.3) is 10.5 Å². The Hall–Kier alpha value is -0.360. The Morgan fingerprint density at radius 1 is 0.706 bits per heavy atom. The lowest BCUT2D eigenvalue weighted by Crippen LogP contribution is -2.07. The highest BCUT2D eigenvalue weighted by molar-refractivity contribution is 8.87. The molecular weight excluding hydrogens is 256 g/mol. The van der Waals surface area contributed by atoms with Gasteiger partial charge in [-0.15, -0.1) is 0 Å². The molecular formula is C11H18N2O2S2. The highest BCUT2D eigenvalue weighted by Gasteiger charge is 2.11. The largest absolute Gasteiger partial charge is 0.472 e. The van der Waals surface area contributed by atoms with E-state index in [-0.39, 0.29) is 0 Å². The van der Waals surface area contributed by atoms with E-state index < -0.39 is 0 Å². The van der Waals surface area contributed by atoms with E-state index in [1.54, 1.807) is 0 Å². The van der Waals surface area contributed by atoms with Crippen LogP contribution in [0.3, 0.4) is 0 Å². The van der Waals surface area contributed by atoms with E-state index in [0.717, 1.165) is 62.4 Å². The minimum Gasteiger partial charge on any atom is -0.472 e. The zero-order valence-corrected chi connectivity index (χ0v) is 11.5. The molecule has 0 aromatic heterocycles. The summed E-state index contributed by atoms with van der Waals surface area (Å²) in [5.41, 5.74) is 0.